The number of benzene rings is 2. The van der Waals surface area contributed by atoms with E-state index >= 15 is 0 Å². The van der Waals surface area contributed by atoms with E-state index in [1.807, 2.05) is 30.3 Å². The first-order chi connectivity index (χ1) is 10.2. The van der Waals surface area contributed by atoms with Crippen LogP contribution in [0, 0.1) is 0 Å². The molecule has 21 heavy (non-hydrogen) atoms. The second-order valence-electron chi connectivity index (χ2n) is 5.00. The van der Waals surface area contributed by atoms with Crippen LogP contribution in [-0.2, 0) is 13.0 Å². The molecule has 0 amide bonds. The maximum atomic E-state index is 12.6. The van der Waals surface area contributed by atoms with Crippen molar-refractivity contribution in [3.05, 3.63) is 71.3 Å². The molecule has 2 nitrogen and oxygen atoms in total. The van der Waals surface area contributed by atoms with Gasteiger partial charge in [0.25, 0.3) is 6.43 Å². The third-order valence-corrected chi connectivity index (χ3v) is 3.34. The average molecular weight is 291 g/mol. The summed E-state index contributed by atoms with van der Waals surface area (Å²) in [5.41, 5.74) is 1.95. The van der Waals surface area contributed by atoms with Crippen molar-refractivity contribution in [1.82, 2.24) is 5.32 Å². The molecule has 2 aromatic rings. The Morgan fingerprint density at radius 1 is 0.952 bits per heavy atom. The fourth-order valence-electron chi connectivity index (χ4n) is 2.20. The number of aliphatic hydroxyl groups excluding tert-OH is 1. The first kappa shape index (κ1) is 15.6. The largest absolute Gasteiger partial charge is 0.395 e. The molecule has 112 valence electrons. The minimum atomic E-state index is -2.46. The summed E-state index contributed by atoms with van der Waals surface area (Å²) < 4.78 is 25.3. The lowest BCUT2D eigenvalue weighted by atomic mass is 10.1. The first-order valence-corrected chi connectivity index (χ1v) is 6.94. The molecule has 4 heteroatoms. The molecule has 0 aromatic heterocycles. The Balaban J connectivity index is 1.92. The molecule has 0 aliphatic rings. The Hall–Kier alpha value is -1.78. The van der Waals surface area contributed by atoms with Gasteiger partial charge < -0.3 is 10.4 Å². The predicted octanol–water partition coefficient (Wildman–Crippen LogP) is 3.32. The van der Waals surface area contributed by atoms with Crippen LogP contribution < -0.4 is 5.32 Å². The van der Waals surface area contributed by atoms with Crippen LogP contribution in [0.2, 0.25) is 0 Å². The van der Waals surface area contributed by atoms with Crippen molar-refractivity contribution in [3.8, 4) is 0 Å². The molecule has 0 spiro atoms. The van der Waals surface area contributed by atoms with Crippen LogP contribution in [0.5, 0.6) is 0 Å². The van der Waals surface area contributed by atoms with Crippen LogP contribution in [-0.4, -0.2) is 17.8 Å². The van der Waals surface area contributed by atoms with Crippen molar-refractivity contribution in [3.63, 3.8) is 0 Å². The van der Waals surface area contributed by atoms with E-state index in [4.69, 9.17) is 0 Å². The smallest absolute Gasteiger partial charge is 0.263 e. The summed E-state index contributed by atoms with van der Waals surface area (Å²) >= 11 is 0. The normalized spacial score (nSPS) is 12.6. The molecule has 2 rings (SSSR count). The zero-order valence-electron chi connectivity index (χ0n) is 11.7. The molecule has 0 radical (unpaired) electrons. The Kier molecular flexibility index (Phi) is 5.84. The maximum absolute atomic E-state index is 12.6. The van der Waals surface area contributed by atoms with E-state index in [9.17, 15) is 13.9 Å². The van der Waals surface area contributed by atoms with Crippen LogP contribution in [0.15, 0.2) is 54.6 Å². The molecule has 0 saturated heterocycles. The van der Waals surface area contributed by atoms with Crippen molar-refractivity contribution in [1.29, 1.82) is 0 Å². The van der Waals surface area contributed by atoms with Gasteiger partial charge in [0.2, 0.25) is 0 Å². The number of halogens is 2. The molecule has 0 aliphatic carbocycles. The number of rotatable bonds is 7. The highest BCUT2D eigenvalue weighted by Gasteiger charge is 2.10. The van der Waals surface area contributed by atoms with Gasteiger partial charge in [0.1, 0.15) is 0 Å². The van der Waals surface area contributed by atoms with Crippen LogP contribution in [0.25, 0.3) is 0 Å². The van der Waals surface area contributed by atoms with Gasteiger partial charge in [-0.2, -0.15) is 0 Å². The van der Waals surface area contributed by atoms with Crippen molar-refractivity contribution in [2.24, 2.45) is 0 Å². The molecule has 0 unspecified atom stereocenters. The highest BCUT2D eigenvalue weighted by molar-refractivity contribution is 5.24. The quantitative estimate of drug-likeness (QED) is 0.820. The molecule has 0 aliphatic heterocycles. The predicted molar refractivity (Wildman–Crippen MR) is 79.3 cm³/mol. The Bertz CT molecular complexity index is 545. The molecule has 0 heterocycles. The highest BCUT2D eigenvalue weighted by atomic mass is 19.3. The maximum Gasteiger partial charge on any atom is 0.263 e. The lowest BCUT2D eigenvalue weighted by Crippen LogP contribution is -2.34. The molecular formula is C17H19F2NO. The van der Waals surface area contributed by atoms with Crippen LogP contribution in [0.3, 0.4) is 0 Å². The van der Waals surface area contributed by atoms with Crippen LogP contribution >= 0.6 is 0 Å². The summed E-state index contributed by atoms with van der Waals surface area (Å²) in [6, 6.07) is 16.1. The van der Waals surface area contributed by atoms with E-state index in [-0.39, 0.29) is 18.2 Å². The summed E-state index contributed by atoms with van der Waals surface area (Å²) in [7, 11) is 0. The number of nitrogens with one attached hydrogen (secondary N) is 1. The Morgan fingerprint density at radius 3 is 2.33 bits per heavy atom. The fourth-order valence-corrected chi connectivity index (χ4v) is 2.20. The monoisotopic (exact) mass is 291 g/mol. The minimum Gasteiger partial charge on any atom is -0.395 e. The molecular weight excluding hydrogens is 272 g/mol. The topological polar surface area (TPSA) is 32.3 Å². The fraction of sp³-hybridized carbons (Fsp3) is 0.294. The van der Waals surface area contributed by atoms with Gasteiger partial charge in [-0.15, -0.1) is 0 Å². The van der Waals surface area contributed by atoms with E-state index in [0.29, 0.717) is 13.0 Å². The van der Waals surface area contributed by atoms with Crippen molar-refractivity contribution in [2.45, 2.75) is 25.4 Å². The van der Waals surface area contributed by atoms with Gasteiger partial charge >= 0.3 is 0 Å². The zero-order valence-corrected chi connectivity index (χ0v) is 11.7. The standard InChI is InChI=1S/C17H19F2NO/c18-17(19)15-8-4-7-14(9-15)11-20-16(12-21)10-13-5-2-1-3-6-13/h1-9,16-17,20-21H,10-12H2/t16-/m0/s1. The molecule has 2 N–H and O–H groups in total. The Morgan fingerprint density at radius 2 is 1.67 bits per heavy atom. The lowest BCUT2D eigenvalue weighted by Gasteiger charge is -2.16. The molecule has 0 fully saturated rings. The van der Waals surface area contributed by atoms with Crippen molar-refractivity contribution >= 4 is 0 Å². The van der Waals surface area contributed by atoms with Crippen molar-refractivity contribution in [2.75, 3.05) is 6.61 Å². The van der Waals surface area contributed by atoms with Crippen LogP contribution in [0.1, 0.15) is 23.1 Å². The second kappa shape index (κ2) is 7.86. The van der Waals surface area contributed by atoms with Crippen molar-refractivity contribution < 1.29 is 13.9 Å². The second-order valence-corrected chi connectivity index (χ2v) is 5.00. The number of hydrogen-bond acceptors (Lipinski definition) is 2. The molecule has 0 saturated carbocycles. The molecule has 1 atom stereocenters. The molecule has 2 aromatic carbocycles. The first-order valence-electron chi connectivity index (χ1n) is 6.94. The van der Waals surface area contributed by atoms with Gasteiger partial charge in [-0.1, -0.05) is 48.5 Å². The van der Waals surface area contributed by atoms with E-state index in [2.05, 4.69) is 5.32 Å². The third-order valence-electron chi connectivity index (χ3n) is 3.34. The van der Waals surface area contributed by atoms with Gasteiger partial charge in [0, 0.05) is 18.2 Å². The third kappa shape index (κ3) is 4.92. The van der Waals surface area contributed by atoms with Gasteiger partial charge in [-0.05, 0) is 23.6 Å². The van der Waals surface area contributed by atoms with Crippen LogP contribution in [0.4, 0.5) is 8.78 Å². The SMILES string of the molecule is OC[C@H](Cc1ccccc1)NCc1cccc(C(F)F)c1. The number of aliphatic hydroxyl groups is 1. The number of alkyl halides is 2. The van der Waals surface area contributed by atoms with Gasteiger partial charge in [-0.3, -0.25) is 0 Å². The lowest BCUT2D eigenvalue weighted by molar-refractivity contribution is 0.151. The zero-order chi connectivity index (χ0) is 15.1. The van der Waals surface area contributed by atoms with Gasteiger partial charge in [-0.25, -0.2) is 8.78 Å². The van der Waals surface area contributed by atoms with Gasteiger partial charge in [0.05, 0.1) is 6.61 Å². The summed E-state index contributed by atoms with van der Waals surface area (Å²) in [4.78, 5) is 0. The van der Waals surface area contributed by atoms with E-state index < -0.39 is 6.43 Å². The summed E-state index contributed by atoms with van der Waals surface area (Å²) in [5, 5.41) is 12.6. The summed E-state index contributed by atoms with van der Waals surface area (Å²) in [6.07, 6.45) is -1.76. The van der Waals surface area contributed by atoms with E-state index in [1.54, 1.807) is 12.1 Å². The highest BCUT2D eigenvalue weighted by Crippen LogP contribution is 2.19. The minimum absolute atomic E-state index is 0.00340. The van der Waals surface area contributed by atoms with E-state index in [0.717, 1.165) is 11.1 Å². The summed E-state index contributed by atoms with van der Waals surface area (Å²) in [6.45, 7) is 0.460. The average Bonchev–Trinajstić information content (AvgIpc) is 2.52. The molecule has 0 bridgehead atoms. The Labute approximate surface area is 123 Å². The van der Waals surface area contributed by atoms with E-state index in [1.165, 1.54) is 12.1 Å². The van der Waals surface area contributed by atoms with Gasteiger partial charge in [0.15, 0.2) is 0 Å². The summed E-state index contributed by atoms with van der Waals surface area (Å²) in [5.74, 6) is 0. The number of hydrogen-bond donors (Lipinski definition) is 2.